The molecule has 0 aromatic carbocycles. The number of thiophene rings is 1. The smallest absolute Gasteiger partial charge is 0.250 e. The first-order valence-corrected chi connectivity index (χ1v) is 11.0. The molecule has 0 radical (unpaired) electrons. The molecule has 1 aliphatic rings. The molecule has 21 heavy (non-hydrogen) atoms. The highest BCUT2D eigenvalue weighted by Gasteiger charge is 2.28. The molecule has 1 aliphatic carbocycles. The predicted octanol–water partition coefficient (Wildman–Crippen LogP) is 2.81. The van der Waals surface area contributed by atoms with E-state index in [-0.39, 0.29) is 6.04 Å². The zero-order valence-electron chi connectivity index (χ0n) is 12.6. The average molecular weight is 349 g/mol. The molecular weight excluding hydrogens is 324 g/mol. The van der Waals surface area contributed by atoms with Crippen LogP contribution in [0.2, 0.25) is 0 Å². The summed E-state index contributed by atoms with van der Waals surface area (Å²) < 4.78 is 28.1. The van der Waals surface area contributed by atoms with Gasteiger partial charge in [-0.3, -0.25) is 0 Å². The van der Waals surface area contributed by atoms with Crippen LogP contribution in [0.25, 0.3) is 0 Å². The summed E-state index contributed by atoms with van der Waals surface area (Å²) in [7, 11) is -3.35. The Labute approximate surface area is 136 Å². The van der Waals surface area contributed by atoms with Gasteiger partial charge in [-0.25, -0.2) is 13.1 Å². The lowest BCUT2D eigenvalue weighted by molar-refractivity contribution is 0.554. The zero-order chi connectivity index (χ0) is 15.3. The molecule has 1 saturated carbocycles. The molecule has 7 heteroatoms. The lowest BCUT2D eigenvalue weighted by atomic mass is 10.3. The summed E-state index contributed by atoms with van der Waals surface area (Å²) in [5.41, 5.74) is 1.04. The number of nitrogens with one attached hydrogen (secondary N) is 2. The maximum atomic E-state index is 12.4. The number of hydrogen-bond donors (Lipinski definition) is 2. The fourth-order valence-corrected chi connectivity index (χ4v) is 5.84. The molecule has 4 nitrogen and oxygen atoms in total. The van der Waals surface area contributed by atoms with Crippen molar-refractivity contribution < 1.29 is 8.42 Å². The normalized spacial score (nSPS) is 22.8. The molecule has 1 aromatic rings. The minimum atomic E-state index is -3.35. The first-order chi connectivity index (χ1) is 10.0. The molecule has 0 bridgehead atoms. The van der Waals surface area contributed by atoms with Crippen molar-refractivity contribution in [3.05, 3.63) is 17.0 Å². The van der Waals surface area contributed by atoms with Crippen LogP contribution in [-0.2, 0) is 16.6 Å². The van der Waals surface area contributed by atoms with Crippen LogP contribution in [0.4, 0.5) is 0 Å². The summed E-state index contributed by atoms with van der Waals surface area (Å²) in [5, 5.41) is 5.81. The van der Waals surface area contributed by atoms with Gasteiger partial charge < -0.3 is 5.32 Å². The minimum absolute atomic E-state index is 0.0937. The van der Waals surface area contributed by atoms with Crippen LogP contribution in [0.1, 0.15) is 38.2 Å². The van der Waals surface area contributed by atoms with E-state index in [9.17, 15) is 8.42 Å². The van der Waals surface area contributed by atoms with Crippen LogP contribution in [-0.4, -0.2) is 32.5 Å². The summed E-state index contributed by atoms with van der Waals surface area (Å²) in [5.74, 6) is 0. The third kappa shape index (κ3) is 4.96. The van der Waals surface area contributed by atoms with Gasteiger partial charge in [0.2, 0.25) is 10.0 Å². The van der Waals surface area contributed by atoms with E-state index in [1.165, 1.54) is 11.3 Å². The van der Waals surface area contributed by atoms with E-state index < -0.39 is 10.0 Å². The third-order valence-corrected chi connectivity index (χ3v) is 7.79. The van der Waals surface area contributed by atoms with Gasteiger partial charge >= 0.3 is 0 Å². The fraction of sp³-hybridized carbons (Fsp3) is 0.714. The Morgan fingerprint density at radius 3 is 2.90 bits per heavy atom. The van der Waals surface area contributed by atoms with Gasteiger partial charge in [-0.05, 0) is 55.5 Å². The Balaban J connectivity index is 1.93. The van der Waals surface area contributed by atoms with Gasteiger partial charge in [-0.1, -0.05) is 6.92 Å². The lowest BCUT2D eigenvalue weighted by Crippen LogP contribution is -2.32. The van der Waals surface area contributed by atoms with Crippen LogP contribution in [0.15, 0.2) is 15.7 Å². The summed E-state index contributed by atoms with van der Waals surface area (Å²) in [6, 6.07) is 1.88. The molecule has 0 saturated heterocycles. The molecule has 0 aliphatic heterocycles. The van der Waals surface area contributed by atoms with Gasteiger partial charge in [0.05, 0.1) is 0 Å². The Morgan fingerprint density at radius 2 is 2.24 bits per heavy atom. The van der Waals surface area contributed by atoms with Crippen molar-refractivity contribution in [2.24, 2.45) is 0 Å². The van der Waals surface area contributed by atoms with Gasteiger partial charge in [-0.15, -0.1) is 11.3 Å². The van der Waals surface area contributed by atoms with E-state index >= 15 is 0 Å². The van der Waals surface area contributed by atoms with E-state index in [2.05, 4.69) is 23.2 Å². The summed E-state index contributed by atoms with van der Waals surface area (Å²) in [4.78, 5) is 0. The van der Waals surface area contributed by atoms with Crippen molar-refractivity contribution in [2.45, 2.75) is 54.7 Å². The topological polar surface area (TPSA) is 58.2 Å². The van der Waals surface area contributed by atoms with Crippen molar-refractivity contribution in [1.82, 2.24) is 10.0 Å². The Morgan fingerprint density at radius 1 is 1.43 bits per heavy atom. The zero-order valence-corrected chi connectivity index (χ0v) is 15.0. The van der Waals surface area contributed by atoms with Crippen molar-refractivity contribution in [3.8, 4) is 0 Å². The molecule has 2 atom stereocenters. The van der Waals surface area contributed by atoms with E-state index in [0.717, 1.165) is 44.3 Å². The van der Waals surface area contributed by atoms with E-state index in [4.69, 9.17) is 0 Å². The summed E-state index contributed by atoms with van der Waals surface area (Å²) >= 11 is 3.14. The molecule has 1 heterocycles. The van der Waals surface area contributed by atoms with Gasteiger partial charge in [0, 0.05) is 17.8 Å². The SMILES string of the molecule is CCCNCc1csc(S(=O)(=O)NC2CCC(SC)C2)c1. The standard InChI is InChI=1S/C14H24N2O2S3/c1-3-6-15-9-11-7-14(20-10-11)21(17,18)16-12-4-5-13(8-12)19-2/h7,10,12-13,15-16H,3-6,8-9H2,1-2H3. The second-order valence-electron chi connectivity index (χ2n) is 5.44. The molecule has 0 amide bonds. The van der Waals surface area contributed by atoms with Crippen molar-refractivity contribution in [3.63, 3.8) is 0 Å². The second kappa shape index (κ2) is 7.97. The highest BCUT2D eigenvalue weighted by atomic mass is 32.2. The van der Waals surface area contributed by atoms with Gasteiger partial charge in [-0.2, -0.15) is 11.8 Å². The van der Waals surface area contributed by atoms with Crippen LogP contribution in [0.3, 0.4) is 0 Å². The highest BCUT2D eigenvalue weighted by Crippen LogP contribution is 2.30. The van der Waals surface area contributed by atoms with Crippen LogP contribution < -0.4 is 10.0 Å². The van der Waals surface area contributed by atoms with E-state index in [1.54, 1.807) is 6.07 Å². The van der Waals surface area contributed by atoms with Gasteiger partial charge in [0.25, 0.3) is 0 Å². The lowest BCUT2D eigenvalue weighted by Gasteiger charge is -2.12. The average Bonchev–Trinajstić information content (AvgIpc) is 3.08. The summed E-state index contributed by atoms with van der Waals surface area (Å²) in [6.45, 7) is 3.80. The number of hydrogen-bond acceptors (Lipinski definition) is 5. The number of sulfonamides is 1. The van der Waals surface area contributed by atoms with Crippen LogP contribution in [0.5, 0.6) is 0 Å². The number of rotatable bonds is 8. The molecule has 2 rings (SSSR count). The maximum absolute atomic E-state index is 12.4. The van der Waals surface area contributed by atoms with Crippen molar-refractivity contribution in [1.29, 1.82) is 0 Å². The Kier molecular flexibility index (Phi) is 6.55. The largest absolute Gasteiger partial charge is 0.313 e. The van der Waals surface area contributed by atoms with Crippen molar-refractivity contribution in [2.75, 3.05) is 12.8 Å². The minimum Gasteiger partial charge on any atom is -0.313 e. The first kappa shape index (κ1) is 17.3. The Bertz CT molecular complexity index is 542. The molecule has 1 aromatic heterocycles. The van der Waals surface area contributed by atoms with Gasteiger partial charge in [0.15, 0.2) is 0 Å². The van der Waals surface area contributed by atoms with Gasteiger partial charge in [0.1, 0.15) is 4.21 Å². The highest BCUT2D eigenvalue weighted by molar-refractivity contribution is 7.99. The van der Waals surface area contributed by atoms with E-state index in [1.807, 2.05) is 17.1 Å². The molecule has 120 valence electrons. The molecule has 1 fully saturated rings. The first-order valence-electron chi connectivity index (χ1n) is 7.38. The maximum Gasteiger partial charge on any atom is 0.250 e. The Hall–Kier alpha value is -0.0800. The van der Waals surface area contributed by atoms with E-state index in [0.29, 0.717) is 9.46 Å². The van der Waals surface area contributed by atoms with Crippen LogP contribution in [0, 0.1) is 0 Å². The second-order valence-corrected chi connectivity index (χ2v) is 9.43. The molecular formula is C14H24N2O2S3. The van der Waals surface area contributed by atoms with Crippen LogP contribution >= 0.6 is 23.1 Å². The third-order valence-electron chi connectivity index (χ3n) is 3.69. The monoisotopic (exact) mass is 348 g/mol. The predicted molar refractivity (Wildman–Crippen MR) is 91.6 cm³/mol. The molecule has 0 spiro atoms. The fourth-order valence-electron chi connectivity index (χ4n) is 2.54. The van der Waals surface area contributed by atoms with Crippen molar-refractivity contribution >= 4 is 33.1 Å². The quantitative estimate of drug-likeness (QED) is 0.709. The summed E-state index contributed by atoms with van der Waals surface area (Å²) in [6.07, 6.45) is 6.16. The molecule has 2 unspecified atom stereocenters. The number of thioether (sulfide) groups is 1. The molecule has 2 N–H and O–H groups in total.